The van der Waals surface area contributed by atoms with Crippen molar-refractivity contribution in [3.05, 3.63) is 0 Å². The summed E-state index contributed by atoms with van der Waals surface area (Å²) in [4.78, 5) is 2.68. The fourth-order valence-corrected chi connectivity index (χ4v) is 3.06. The zero-order valence-corrected chi connectivity index (χ0v) is 11.5. The van der Waals surface area contributed by atoms with Gasteiger partial charge in [0, 0.05) is 18.6 Å². The van der Waals surface area contributed by atoms with Crippen molar-refractivity contribution in [2.45, 2.75) is 51.6 Å². The van der Waals surface area contributed by atoms with Crippen LogP contribution in [0.25, 0.3) is 0 Å². The molecular weight excluding hydrogens is 212 g/mol. The van der Waals surface area contributed by atoms with E-state index in [9.17, 15) is 0 Å². The summed E-state index contributed by atoms with van der Waals surface area (Å²) in [5.74, 6) is 0.920. The second-order valence-electron chi connectivity index (χ2n) is 5.88. The second-order valence-corrected chi connectivity index (χ2v) is 5.88. The maximum atomic E-state index is 5.53. The van der Waals surface area contributed by atoms with E-state index in [1.165, 1.54) is 38.8 Å². The molecule has 2 heterocycles. The van der Waals surface area contributed by atoms with Crippen LogP contribution in [0.3, 0.4) is 0 Å². The maximum Gasteiger partial charge on any atom is 0.0620 e. The molecular formula is C14H28N2O. The molecule has 3 nitrogen and oxygen atoms in total. The molecule has 0 aromatic carbocycles. The highest BCUT2D eigenvalue weighted by molar-refractivity contribution is 4.79. The molecule has 3 heteroatoms. The molecule has 2 aliphatic heterocycles. The van der Waals surface area contributed by atoms with Gasteiger partial charge in [-0.3, -0.25) is 0 Å². The molecule has 0 saturated carbocycles. The van der Waals surface area contributed by atoms with E-state index in [1.807, 2.05) is 0 Å². The molecule has 0 spiro atoms. The van der Waals surface area contributed by atoms with Crippen LogP contribution in [0.2, 0.25) is 0 Å². The highest BCUT2D eigenvalue weighted by atomic mass is 16.5. The van der Waals surface area contributed by atoms with E-state index >= 15 is 0 Å². The Labute approximate surface area is 106 Å². The van der Waals surface area contributed by atoms with Gasteiger partial charge in [0.1, 0.15) is 0 Å². The number of hydrogen-bond acceptors (Lipinski definition) is 3. The summed E-state index contributed by atoms with van der Waals surface area (Å²) < 4.78 is 5.53. The Hall–Kier alpha value is -0.120. The third kappa shape index (κ3) is 4.23. The van der Waals surface area contributed by atoms with E-state index in [0.29, 0.717) is 12.1 Å². The maximum absolute atomic E-state index is 5.53. The number of nitrogens with zero attached hydrogens (tertiary/aromatic N) is 1. The van der Waals surface area contributed by atoms with Crippen molar-refractivity contribution in [2.24, 2.45) is 5.92 Å². The van der Waals surface area contributed by atoms with Gasteiger partial charge in [0.2, 0.25) is 0 Å². The van der Waals surface area contributed by atoms with Gasteiger partial charge < -0.3 is 15.0 Å². The van der Waals surface area contributed by atoms with Crippen LogP contribution in [0.15, 0.2) is 0 Å². The first-order chi connectivity index (χ1) is 8.25. The Bertz CT molecular complexity index is 216. The van der Waals surface area contributed by atoms with E-state index in [1.54, 1.807) is 0 Å². The van der Waals surface area contributed by atoms with E-state index in [0.717, 1.165) is 25.7 Å². The first-order valence-electron chi connectivity index (χ1n) is 7.31. The molecule has 0 amide bonds. The topological polar surface area (TPSA) is 24.5 Å². The van der Waals surface area contributed by atoms with Gasteiger partial charge in [0.15, 0.2) is 0 Å². The number of nitrogens with one attached hydrogen (secondary N) is 1. The Morgan fingerprint density at radius 3 is 3.00 bits per heavy atom. The average Bonchev–Trinajstić information content (AvgIpc) is 2.55. The van der Waals surface area contributed by atoms with Crippen LogP contribution in [0, 0.1) is 5.92 Å². The first kappa shape index (κ1) is 13.3. The highest BCUT2D eigenvalue weighted by Crippen LogP contribution is 2.19. The lowest BCUT2D eigenvalue weighted by Crippen LogP contribution is -2.46. The summed E-state index contributed by atoms with van der Waals surface area (Å²) in [6, 6.07) is 1.26. The predicted octanol–water partition coefficient (Wildman–Crippen LogP) is 1.88. The van der Waals surface area contributed by atoms with E-state index in [2.05, 4.69) is 24.1 Å². The Morgan fingerprint density at radius 2 is 2.24 bits per heavy atom. The van der Waals surface area contributed by atoms with Crippen LogP contribution in [0.4, 0.5) is 0 Å². The van der Waals surface area contributed by atoms with Crippen molar-refractivity contribution in [3.8, 4) is 0 Å². The minimum Gasteiger partial charge on any atom is -0.379 e. The Kier molecular flexibility index (Phi) is 5.26. The predicted molar refractivity (Wildman–Crippen MR) is 71.3 cm³/mol. The van der Waals surface area contributed by atoms with Gasteiger partial charge in [-0.2, -0.15) is 0 Å². The van der Waals surface area contributed by atoms with Crippen LogP contribution >= 0.6 is 0 Å². The summed E-state index contributed by atoms with van der Waals surface area (Å²) in [6.45, 7) is 10.2. The van der Waals surface area contributed by atoms with Gasteiger partial charge in [-0.1, -0.05) is 6.92 Å². The summed E-state index contributed by atoms with van der Waals surface area (Å²) in [6.07, 6.45) is 5.39. The molecule has 100 valence electrons. The standard InChI is InChI=1S/C14H28N2O/c1-12-4-3-7-16(8-5-12)13(2)10-14-11-17-9-6-15-14/h12-15H,3-11H2,1-2H3. The average molecular weight is 240 g/mol. The van der Waals surface area contributed by atoms with Crippen molar-refractivity contribution >= 4 is 0 Å². The quantitative estimate of drug-likeness (QED) is 0.815. The van der Waals surface area contributed by atoms with Gasteiger partial charge in [-0.05, 0) is 51.6 Å². The molecule has 17 heavy (non-hydrogen) atoms. The molecule has 2 rings (SSSR count). The van der Waals surface area contributed by atoms with Crippen LogP contribution in [-0.4, -0.2) is 49.8 Å². The lowest BCUT2D eigenvalue weighted by Gasteiger charge is -2.32. The summed E-state index contributed by atoms with van der Waals surface area (Å²) in [5.41, 5.74) is 0. The van der Waals surface area contributed by atoms with Gasteiger partial charge in [-0.15, -0.1) is 0 Å². The molecule has 0 bridgehead atoms. The van der Waals surface area contributed by atoms with Gasteiger partial charge in [-0.25, -0.2) is 0 Å². The van der Waals surface area contributed by atoms with Crippen molar-refractivity contribution in [2.75, 3.05) is 32.8 Å². The lowest BCUT2D eigenvalue weighted by molar-refractivity contribution is 0.0621. The molecule has 2 aliphatic rings. The molecule has 2 saturated heterocycles. The number of rotatable bonds is 3. The van der Waals surface area contributed by atoms with Crippen molar-refractivity contribution in [1.82, 2.24) is 10.2 Å². The number of ether oxygens (including phenoxy) is 1. The number of hydrogen-bond donors (Lipinski definition) is 1. The molecule has 0 aromatic heterocycles. The molecule has 2 fully saturated rings. The third-order valence-electron chi connectivity index (χ3n) is 4.30. The normalized spacial score (nSPS) is 34.2. The zero-order chi connectivity index (χ0) is 12.1. The minimum absolute atomic E-state index is 0.569. The molecule has 0 radical (unpaired) electrons. The summed E-state index contributed by atoms with van der Waals surface area (Å²) in [5, 5.41) is 3.56. The number of morpholine rings is 1. The molecule has 1 N–H and O–H groups in total. The van der Waals surface area contributed by atoms with E-state index in [-0.39, 0.29) is 0 Å². The fraction of sp³-hybridized carbons (Fsp3) is 1.00. The van der Waals surface area contributed by atoms with E-state index in [4.69, 9.17) is 4.74 Å². The van der Waals surface area contributed by atoms with Gasteiger partial charge >= 0.3 is 0 Å². The Balaban J connectivity index is 1.75. The van der Waals surface area contributed by atoms with Gasteiger partial charge in [0.05, 0.1) is 13.2 Å². The van der Waals surface area contributed by atoms with Gasteiger partial charge in [0.25, 0.3) is 0 Å². The Morgan fingerprint density at radius 1 is 1.35 bits per heavy atom. The van der Waals surface area contributed by atoms with Crippen LogP contribution in [-0.2, 0) is 4.74 Å². The summed E-state index contributed by atoms with van der Waals surface area (Å²) >= 11 is 0. The fourth-order valence-electron chi connectivity index (χ4n) is 3.06. The van der Waals surface area contributed by atoms with Crippen LogP contribution in [0.5, 0.6) is 0 Å². The van der Waals surface area contributed by atoms with Crippen molar-refractivity contribution in [1.29, 1.82) is 0 Å². The van der Waals surface area contributed by atoms with E-state index < -0.39 is 0 Å². The van der Waals surface area contributed by atoms with Crippen LogP contribution in [0.1, 0.15) is 39.5 Å². The number of likely N-dealkylation sites (tertiary alicyclic amines) is 1. The molecule has 3 atom stereocenters. The largest absolute Gasteiger partial charge is 0.379 e. The monoisotopic (exact) mass is 240 g/mol. The first-order valence-corrected chi connectivity index (χ1v) is 7.31. The smallest absolute Gasteiger partial charge is 0.0620 e. The molecule has 3 unspecified atom stereocenters. The van der Waals surface area contributed by atoms with Crippen molar-refractivity contribution in [3.63, 3.8) is 0 Å². The minimum atomic E-state index is 0.569. The molecule has 0 aliphatic carbocycles. The third-order valence-corrected chi connectivity index (χ3v) is 4.30. The SMILES string of the molecule is CC1CCCN(C(C)CC2COCCN2)CC1. The van der Waals surface area contributed by atoms with Crippen LogP contribution < -0.4 is 5.32 Å². The zero-order valence-electron chi connectivity index (χ0n) is 11.5. The molecule has 0 aromatic rings. The van der Waals surface area contributed by atoms with Crippen molar-refractivity contribution < 1.29 is 4.74 Å². The lowest BCUT2D eigenvalue weighted by atomic mass is 10.0. The second kappa shape index (κ2) is 6.72. The highest BCUT2D eigenvalue weighted by Gasteiger charge is 2.22. The summed E-state index contributed by atoms with van der Waals surface area (Å²) in [7, 11) is 0.